The monoisotopic (exact) mass is 357 g/mol. The second-order valence-electron chi connectivity index (χ2n) is 7.73. The average molecular weight is 357 g/mol. The van der Waals surface area contributed by atoms with E-state index in [1.54, 1.807) is 6.07 Å². The van der Waals surface area contributed by atoms with Crippen LogP contribution in [0.3, 0.4) is 0 Å². The Hall–Kier alpha value is -2.81. The Morgan fingerprint density at radius 1 is 1.04 bits per heavy atom. The second kappa shape index (κ2) is 6.41. The first-order valence-corrected chi connectivity index (χ1v) is 9.89. The highest BCUT2D eigenvalue weighted by molar-refractivity contribution is 5.99. The molecule has 0 unspecified atom stereocenters. The molecule has 1 N–H and O–H groups in total. The number of allylic oxidation sites excluding steroid dienone is 1. The summed E-state index contributed by atoms with van der Waals surface area (Å²) in [4.78, 5) is 11.6. The van der Waals surface area contributed by atoms with E-state index >= 15 is 0 Å². The molecule has 0 atom stereocenters. The first-order valence-electron chi connectivity index (χ1n) is 9.89. The number of nitrogens with zero attached hydrogens (tertiary/aromatic N) is 1. The molecule has 0 spiro atoms. The number of aromatic nitrogens is 1. The molecule has 0 radical (unpaired) electrons. The van der Waals surface area contributed by atoms with E-state index in [0.29, 0.717) is 11.5 Å². The van der Waals surface area contributed by atoms with E-state index in [-0.39, 0.29) is 0 Å². The first kappa shape index (κ1) is 16.4. The molecule has 5 rings (SSSR count). The van der Waals surface area contributed by atoms with Crippen molar-refractivity contribution in [1.82, 2.24) is 4.57 Å². The number of carboxylic acids is 1. The van der Waals surface area contributed by atoms with E-state index in [1.165, 1.54) is 59.9 Å². The fourth-order valence-electron chi connectivity index (χ4n) is 4.94. The van der Waals surface area contributed by atoms with Gasteiger partial charge in [-0.25, -0.2) is 4.79 Å². The van der Waals surface area contributed by atoms with Crippen molar-refractivity contribution in [2.24, 2.45) is 0 Å². The SMILES string of the molecule is O=C(O)c1ccc2c(C3CCCCC3)c3n(c2c1)CC=Cc1ccccc1-3. The predicted octanol–water partition coefficient (Wildman–Crippen LogP) is 6.08. The number of carboxylic acid groups (broad SMARTS) is 1. The van der Waals surface area contributed by atoms with Crippen LogP contribution in [0.2, 0.25) is 0 Å². The molecule has 3 heteroatoms. The normalized spacial score (nSPS) is 16.7. The van der Waals surface area contributed by atoms with Crippen molar-refractivity contribution in [2.75, 3.05) is 0 Å². The molecule has 2 aromatic carbocycles. The maximum Gasteiger partial charge on any atom is 0.335 e. The molecule has 27 heavy (non-hydrogen) atoms. The van der Waals surface area contributed by atoms with Crippen LogP contribution in [0.4, 0.5) is 0 Å². The number of hydrogen-bond donors (Lipinski definition) is 1. The molecular formula is C24H23NO2. The predicted molar refractivity (Wildman–Crippen MR) is 109 cm³/mol. The van der Waals surface area contributed by atoms with Gasteiger partial charge < -0.3 is 9.67 Å². The van der Waals surface area contributed by atoms with Gasteiger partial charge in [0.25, 0.3) is 0 Å². The van der Waals surface area contributed by atoms with Gasteiger partial charge in [-0.3, -0.25) is 0 Å². The molecule has 0 amide bonds. The lowest BCUT2D eigenvalue weighted by molar-refractivity contribution is 0.0697. The Morgan fingerprint density at radius 2 is 1.85 bits per heavy atom. The van der Waals surface area contributed by atoms with Crippen molar-refractivity contribution in [3.8, 4) is 11.3 Å². The largest absolute Gasteiger partial charge is 0.478 e. The zero-order chi connectivity index (χ0) is 18.4. The summed E-state index contributed by atoms with van der Waals surface area (Å²) >= 11 is 0. The lowest BCUT2D eigenvalue weighted by Crippen LogP contribution is -2.07. The Morgan fingerprint density at radius 3 is 2.67 bits per heavy atom. The van der Waals surface area contributed by atoms with Crippen LogP contribution in [-0.4, -0.2) is 15.6 Å². The Labute approximate surface area is 158 Å². The van der Waals surface area contributed by atoms with Crippen LogP contribution in [0.25, 0.3) is 28.2 Å². The third-order valence-corrected chi connectivity index (χ3v) is 6.17. The van der Waals surface area contributed by atoms with Gasteiger partial charge in [0.05, 0.1) is 11.3 Å². The summed E-state index contributed by atoms with van der Waals surface area (Å²) in [6.07, 6.45) is 10.7. The average Bonchev–Trinajstić information content (AvgIpc) is 2.90. The van der Waals surface area contributed by atoms with Crippen molar-refractivity contribution in [2.45, 2.75) is 44.6 Å². The number of hydrogen-bond acceptors (Lipinski definition) is 1. The summed E-state index contributed by atoms with van der Waals surface area (Å²) in [6.45, 7) is 0.774. The lowest BCUT2D eigenvalue weighted by Gasteiger charge is -2.23. The molecule has 1 aliphatic carbocycles. The van der Waals surface area contributed by atoms with Gasteiger partial charge in [0.2, 0.25) is 0 Å². The number of carbonyl (C=O) groups is 1. The van der Waals surface area contributed by atoms with Crippen molar-refractivity contribution < 1.29 is 9.90 Å². The first-order chi connectivity index (χ1) is 13.2. The van der Waals surface area contributed by atoms with Crippen molar-refractivity contribution in [3.05, 3.63) is 65.2 Å². The fraction of sp³-hybridized carbons (Fsp3) is 0.292. The number of benzene rings is 2. The van der Waals surface area contributed by atoms with Crippen LogP contribution in [0.1, 0.15) is 59.5 Å². The maximum atomic E-state index is 11.6. The quantitative estimate of drug-likeness (QED) is 0.604. The number of rotatable bonds is 2. The molecule has 1 fully saturated rings. The van der Waals surface area contributed by atoms with Gasteiger partial charge in [-0.1, -0.05) is 61.7 Å². The molecule has 2 heterocycles. The molecule has 0 saturated heterocycles. The second-order valence-corrected chi connectivity index (χ2v) is 7.73. The smallest absolute Gasteiger partial charge is 0.335 e. The highest BCUT2D eigenvalue weighted by Crippen LogP contribution is 2.45. The van der Waals surface area contributed by atoms with Gasteiger partial charge in [0, 0.05) is 23.0 Å². The summed E-state index contributed by atoms with van der Waals surface area (Å²) < 4.78 is 2.33. The summed E-state index contributed by atoms with van der Waals surface area (Å²) in [5.74, 6) is -0.310. The highest BCUT2D eigenvalue weighted by Gasteiger charge is 2.28. The van der Waals surface area contributed by atoms with Crippen molar-refractivity contribution in [3.63, 3.8) is 0 Å². The van der Waals surface area contributed by atoms with Gasteiger partial charge in [-0.15, -0.1) is 0 Å². The molecule has 1 aromatic heterocycles. The van der Waals surface area contributed by atoms with Crippen LogP contribution in [-0.2, 0) is 6.54 Å². The lowest BCUT2D eigenvalue weighted by atomic mass is 9.81. The minimum Gasteiger partial charge on any atom is -0.478 e. The topological polar surface area (TPSA) is 42.2 Å². The summed E-state index contributed by atoms with van der Waals surface area (Å²) in [5, 5.41) is 10.7. The Balaban J connectivity index is 1.85. The molecule has 3 aromatic rings. The standard InChI is InChI=1S/C24H23NO2/c26-24(27)18-12-13-20-21(15-18)25-14-6-10-16-7-4-5-11-19(16)23(25)22(20)17-8-2-1-3-9-17/h4-7,10-13,15,17H,1-3,8-9,14H2,(H,26,27). The van der Waals surface area contributed by atoms with E-state index in [0.717, 1.165) is 12.1 Å². The van der Waals surface area contributed by atoms with E-state index < -0.39 is 5.97 Å². The van der Waals surface area contributed by atoms with Crippen LogP contribution in [0.15, 0.2) is 48.5 Å². The van der Waals surface area contributed by atoms with Crippen molar-refractivity contribution >= 4 is 22.9 Å². The molecule has 3 nitrogen and oxygen atoms in total. The number of fused-ring (bicyclic) bond motifs is 5. The molecular weight excluding hydrogens is 334 g/mol. The zero-order valence-electron chi connectivity index (χ0n) is 15.3. The molecule has 136 valence electrons. The molecule has 2 aliphatic rings. The molecule has 0 bridgehead atoms. The third-order valence-electron chi connectivity index (χ3n) is 6.17. The van der Waals surface area contributed by atoms with E-state index in [2.05, 4.69) is 41.0 Å². The summed E-state index contributed by atoms with van der Waals surface area (Å²) in [7, 11) is 0. The van der Waals surface area contributed by atoms with Gasteiger partial charge >= 0.3 is 5.97 Å². The van der Waals surface area contributed by atoms with Crippen LogP contribution in [0.5, 0.6) is 0 Å². The Kier molecular flexibility index (Phi) is 3.89. The maximum absolute atomic E-state index is 11.6. The van der Waals surface area contributed by atoms with E-state index in [1.807, 2.05) is 12.1 Å². The van der Waals surface area contributed by atoms with Crippen molar-refractivity contribution in [1.29, 1.82) is 0 Å². The Bertz CT molecular complexity index is 1070. The van der Waals surface area contributed by atoms with Gasteiger partial charge in [-0.05, 0) is 42.0 Å². The summed E-state index contributed by atoms with van der Waals surface area (Å²) in [5.41, 5.74) is 6.64. The minimum atomic E-state index is -0.865. The van der Waals surface area contributed by atoms with Crippen LogP contribution in [0, 0.1) is 0 Å². The number of aromatic carboxylic acids is 1. The van der Waals surface area contributed by atoms with Gasteiger partial charge in [-0.2, -0.15) is 0 Å². The van der Waals surface area contributed by atoms with E-state index in [9.17, 15) is 9.90 Å². The molecule has 1 saturated carbocycles. The van der Waals surface area contributed by atoms with E-state index in [4.69, 9.17) is 0 Å². The van der Waals surface area contributed by atoms with Gasteiger partial charge in [0.1, 0.15) is 0 Å². The highest BCUT2D eigenvalue weighted by atomic mass is 16.4. The summed E-state index contributed by atoms with van der Waals surface area (Å²) in [6, 6.07) is 14.2. The minimum absolute atomic E-state index is 0.361. The van der Waals surface area contributed by atoms with Crippen LogP contribution >= 0.6 is 0 Å². The third kappa shape index (κ3) is 2.61. The van der Waals surface area contributed by atoms with Crippen LogP contribution < -0.4 is 0 Å². The zero-order valence-corrected chi connectivity index (χ0v) is 15.3. The van der Waals surface area contributed by atoms with Gasteiger partial charge in [0.15, 0.2) is 0 Å². The molecule has 1 aliphatic heterocycles. The fourth-order valence-corrected chi connectivity index (χ4v) is 4.94.